The molecule has 0 amide bonds. The molecule has 0 spiro atoms. The zero-order valence-electron chi connectivity index (χ0n) is 15.0. The van der Waals surface area contributed by atoms with Gasteiger partial charge in [-0.2, -0.15) is 0 Å². The van der Waals surface area contributed by atoms with E-state index in [-0.39, 0.29) is 0 Å². The first-order valence-electron chi connectivity index (χ1n) is 9.02. The molecule has 0 saturated carbocycles. The summed E-state index contributed by atoms with van der Waals surface area (Å²) < 4.78 is 5.83. The molecule has 0 radical (unpaired) electrons. The maximum atomic E-state index is 5.83. The van der Waals surface area contributed by atoms with Crippen LogP contribution in [0.1, 0.15) is 22.7 Å². The van der Waals surface area contributed by atoms with Crippen LogP contribution in [0.3, 0.4) is 0 Å². The van der Waals surface area contributed by atoms with Gasteiger partial charge < -0.3 is 4.74 Å². The van der Waals surface area contributed by atoms with Crippen molar-refractivity contribution >= 4 is 11.3 Å². The molecule has 6 heteroatoms. The number of likely N-dealkylation sites (tertiary alicyclic amines) is 2. The highest BCUT2D eigenvalue weighted by molar-refractivity contribution is 7.09. The SMILES string of the molecule is CO[C@@H]1CCN(Cc2cccnc2)[C@@H]2CN(Cc3csc(C)n3)C[C@@H]21. The predicted octanol–water partition coefficient (Wildman–Crippen LogP) is 2.57. The fraction of sp³-hybridized carbons (Fsp3) is 0.579. The van der Waals surface area contributed by atoms with Gasteiger partial charge >= 0.3 is 0 Å². The molecule has 0 bridgehead atoms. The lowest BCUT2D eigenvalue weighted by molar-refractivity contribution is -0.0245. The van der Waals surface area contributed by atoms with Gasteiger partial charge in [-0.25, -0.2) is 4.98 Å². The molecule has 0 aliphatic carbocycles. The largest absolute Gasteiger partial charge is 0.381 e. The highest BCUT2D eigenvalue weighted by atomic mass is 32.1. The van der Waals surface area contributed by atoms with Crippen molar-refractivity contribution in [3.63, 3.8) is 0 Å². The number of nitrogens with zero attached hydrogens (tertiary/aromatic N) is 4. The molecule has 2 saturated heterocycles. The number of aryl methyl sites for hydroxylation is 1. The van der Waals surface area contributed by atoms with Crippen LogP contribution in [0.2, 0.25) is 0 Å². The number of ether oxygens (including phenoxy) is 1. The van der Waals surface area contributed by atoms with E-state index in [9.17, 15) is 0 Å². The molecule has 5 nitrogen and oxygen atoms in total. The maximum absolute atomic E-state index is 5.83. The van der Waals surface area contributed by atoms with Crippen molar-refractivity contribution < 1.29 is 4.74 Å². The molecule has 0 unspecified atom stereocenters. The number of aromatic nitrogens is 2. The molecule has 25 heavy (non-hydrogen) atoms. The number of thiazole rings is 1. The summed E-state index contributed by atoms with van der Waals surface area (Å²) in [6.45, 7) is 7.31. The summed E-state index contributed by atoms with van der Waals surface area (Å²) in [5, 5.41) is 3.35. The summed E-state index contributed by atoms with van der Waals surface area (Å²) in [6.07, 6.45) is 5.32. The minimum absolute atomic E-state index is 0.373. The molecule has 2 aliphatic rings. The second-order valence-corrected chi connectivity index (χ2v) is 8.24. The monoisotopic (exact) mass is 358 g/mol. The number of fused-ring (bicyclic) bond motifs is 1. The van der Waals surface area contributed by atoms with Gasteiger partial charge in [0.25, 0.3) is 0 Å². The van der Waals surface area contributed by atoms with Gasteiger partial charge in [0.05, 0.1) is 16.8 Å². The normalized spacial score (nSPS) is 27.5. The Kier molecular flexibility index (Phi) is 5.12. The number of piperidine rings is 1. The average molecular weight is 359 g/mol. The van der Waals surface area contributed by atoms with Gasteiger partial charge in [0.1, 0.15) is 0 Å². The standard InChI is InChI=1S/C19H26N4OS/c1-14-21-16(13-25-14)10-22-11-17-18(12-22)23(7-5-19(17)24-2)9-15-4-3-6-20-8-15/h3-4,6,8,13,17-19H,5,7,9-12H2,1-2H3/t17-,18+,19+/m0/s1. The van der Waals surface area contributed by atoms with Crippen molar-refractivity contribution in [1.29, 1.82) is 0 Å². The van der Waals surface area contributed by atoms with Crippen LogP contribution < -0.4 is 0 Å². The number of pyridine rings is 1. The molecule has 4 heterocycles. The predicted molar refractivity (Wildman–Crippen MR) is 99.5 cm³/mol. The van der Waals surface area contributed by atoms with Crippen LogP contribution in [0.4, 0.5) is 0 Å². The van der Waals surface area contributed by atoms with E-state index < -0.39 is 0 Å². The first-order valence-corrected chi connectivity index (χ1v) is 9.90. The zero-order valence-corrected chi connectivity index (χ0v) is 15.8. The lowest BCUT2D eigenvalue weighted by Gasteiger charge is -2.41. The number of hydrogen-bond acceptors (Lipinski definition) is 6. The minimum atomic E-state index is 0.373. The van der Waals surface area contributed by atoms with Crippen molar-refractivity contribution in [2.75, 3.05) is 26.7 Å². The second-order valence-electron chi connectivity index (χ2n) is 7.18. The van der Waals surface area contributed by atoms with E-state index in [0.29, 0.717) is 18.1 Å². The molecule has 2 aromatic rings. The third-order valence-corrected chi connectivity index (χ3v) is 6.34. The molecule has 2 fully saturated rings. The lowest BCUT2D eigenvalue weighted by atomic mass is 9.88. The maximum Gasteiger partial charge on any atom is 0.0897 e. The van der Waals surface area contributed by atoms with E-state index in [1.165, 1.54) is 11.3 Å². The van der Waals surface area contributed by atoms with Crippen molar-refractivity contribution in [1.82, 2.24) is 19.8 Å². The fourth-order valence-corrected chi connectivity index (χ4v) is 4.98. The van der Waals surface area contributed by atoms with Gasteiger partial charge in [0, 0.05) is 69.6 Å². The molecule has 2 aromatic heterocycles. The quantitative estimate of drug-likeness (QED) is 0.822. The Morgan fingerprint density at radius 3 is 2.96 bits per heavy atom. The van der Waals surface area contributed by atoms with Gasteiger partial charge in [0.15, 0.2) is 0 Å². The van der Waals surface area contributed by atoms with Gasteiger partial charge in [-0.3, -0.25) is 14.8 Å². The Morgan fingerprint density at radius 1 is 1.32 bits per heavy atom. The molecule has 134 valence electrons. The van der Waals surface area contributed by atoms with Crippen LogP contribution >= 0.6 is 11.3 Å². The molecule has 4 rings (SSSR count). The second kappa shape index (κ2) is 7.50. The Bertz CT molecular complexity index is 692. The first kappa shape index (κ1) is 17.1. The van der Waals surface area contributed by atoms with E-state index in [0.717, 1.165) is 44.2 Å². The van der Waals surface area contributed by atoms with Gasteiger partial charge in [-0.1, -0.05) is 6.07 Å². The van der Waals surface area contributed by atoms with E-state index in [1.54, 1.807) is 11.3 Å². The van der Waals surface area contributed by atoms with Gasteiger partial charge in [-0.15, -0.1) is 11.3 Å². The minimum Gasteiger partial charge on any atom is -0.381 e. The van der Waals surface area contributed by atoms with Crippen LogP contribution in [0.5, 0.6) is 0 Å². The van der Waals surface area contributed by atoms with Crippen LogP contribution in [-0.4, -0.2) is 58.7 Å². The smallest absolute Gasteiger partial charge is 0.0897 e. The third-order valence-electron chi connectivity index (χ3n) is 5.52. The van der Waals surface area contributed by atoms with Crippen molar-refractivity contribution in [2.24, 2.45) is 5.92 Å². The highest BCUT2D eigenvalue weighted by Crippen LogP contribution is 2.34. The summed E-state index contributed by atoms with van der Waals surface area (Å²) >= 11 is 1.74. The lowest BCUT2D eigenvalue weighted by Crippen LogP contribution is -2.50. The van der Waals surface area contributed by atoms with E-state index in [1.807, 2.05) is 25.6 Å². The third kappa shape index (κ3) is 3.77. The average Bonchev–Trinajstić information content (AvgIpc) is 3.23. The van der Waals surface area contributed by atoms with Crippen molar-refractivity contribution in [3.8, 4) is 0 Å². The Morgan fingerprint density at radius 2 is 2.24 bits per heavy atom. The topological polar surface area (TPSA) is 41.5 Å². The Hall–Kier alpha value is -1.34. The summed E-state index contributed by atoms with van der Waals surface area (Å²) in [5.74, 6) is 0.579. The highest BCUT2D eigenvalue weighted by Gasteiger charge is 2.44. The van der Waals surface area contributed by atoms with E-state index in [4.69, 9.17) is 4.74 Å². The summed E-state index contributed by atoms with van der Waals surface area (Å²) in [5.41, 5.74) is 2.50. The Balaban J connectivity index is 1.47. The molecule has 2 aliphatic heterocycles. The molecule has 0 N–H and O–H groups in total. The summed E-state index contributed by atoms with van der Waals surface area (Å²) in [6, 6.07) is 4.76. The van der Waals surface area contributed by atoms with Crippen molar-refractivity contribution in [2.45, 2.75) is 38.6 Å². The number of methoxy groups -OCH3 is 1. The molecule has 3 atom stereocenters. The molecular formula is C19H26N4OS. The summed E-state index contributed by atoms with van der Waals surface area (Å²) in [4.78, 5) is 14.1. The number of rotatable bonds is 5. The van der Waals surface area contributed by atoms with Crippen molar-refractivity contribution in [3.05, 3.63) is 46.2 Å². The van der Waals surface area contributed by atoms with Gasteiger partial charge in [0.2, 0.25) is 0 Å². The van der Waals surface area contributed by atoms with Crippen LogP contribution in [-0.2, 0) is 17.8 Å². The van der Waals surface area contributed by atoms with Crippen LogP contribution in [0, 0.1) is 12.8 Å². The van der Waals surface area contributed by atoms with Crippen LogP contribution in [0.15, 0.2) is 29.9 Å². The number of hydrogen-bond donors (Lipinski definition) is 0. The van der Waals surface area contributed by atoms with Crippen LogP contribution in [0.25, 0.3) is 0 Å². The molecule has 0 aromatic carbocycles. The Labute approximate surface area is 153 Å². The van der Waals surface area contributed by atoms with E-state index >= 15 is 0 Å². The fourth-order valence-electron chi connectivity index (χ4n) is 4.37. The molecular weight excluding hydrogens is 332 g/mol. The van der Waals surface area contributed by atoms with E-state index in [2.05, 4.69) is 38.1 Å². The first-order chi connectivity index (χ1) is 12.2. The van der Waals surface area contributed by atoms with Gasteiger partial charge in [-0.05, 0) is 25.0 Å². The zero-order chi connectivity index (χ0) is 17.2. The summed E-state index contributed by atoms with van der Waals surface area (Å²) in [7, 11) is 1.87.